The Labute approximate surface area is 203 Å². The fraction of sp³-hybridized carbons (Fsp3) is 0. The Bertz CT molecular complexity index is 1540. The second-order valence-electron chi connectivity index (χ2n) is 7.47. The first-order chi connectivity index (χ1) is 16.5. The topological polar surface area (TPSA) is 88.6 Å². The SMILES string of the molecule is O=[N+]([O-])c1ccc(-c2sc(N=Cc3cccc4cccc(O)c34)nc2-c2ccc(Cl)cc2)cc1. The van der Waals surface area contributed by atoms with Crippen molar-refractivity contribution in [1.82, 2.24) is 4.98 Å². The Morgan fingerprint density at radius 2 is 1.62 bits per heavy atom. The number of nitro groups is 1. The molecule has 5 aromatic rings. The summed E-state index contributed by atoms with van der Waals surface area (Å²) in [5.74, 6) is 0.187. The van der Waals surface area contributed by atoms with Gasteiger partial charge in [0.1, 0.15) is 5.75 Å². The van der Waals surface area contributed by atoms with Crippen LogP contribution in [0.25, 0.3) is 32.5 Å². The predicted molar refractivity (Wildman–Crippen MR) is 138 cm³/mol. The molecule has 0 aliphatic heterocycles. The van der Waals surface area contributed by atoms with Crippen LogP contribution < -0.4 is 0 Å². The number of halogens is 1. The van der Waals surface area contributed by atoms with Crippen molar-refractivity contribution in [3.63, 3.8) is 0 Å². The van der Waals surface area contributed by atoms with Crippen LogP contribution in [0.3, 0.4) is 0 Å². The lowest BCUT2D eigenvalue weighted by Crippen LogP contribution is -1.87. The third-order valence-corrected chi connectivity index (χ3v) is 6.57. The van der Waals surface area contributed by atoms with Gasteiger partial charge in [-0.15, -0.1) is 0 Å². The van der Waals surface area contributed by atoms with Gasteiger partial charge in [0.15, 0.2) is 0 Å². The van der Waals surface area contributed by atoms with Crippen LogP contribution in [-0.2, 0) is 0 Å². The van der Waals surface area contributed by atoms with Gasteiger partial charge in [0.25, 0.3) is 5.69 Å². The van der Waals surface area contributed by atoms with Gasteiger partial charge >= 0.3 is 0 Å². The Balaban J connectivity index is 1.60. The molecule has 0 saturated heterocycles. The molecule has 166 valence electrons. The second kappa shape index (κ2) is 9.05. The van der Waals surface area contributed by atoms with E-state index in [1.54, 1.807) is 42.6 Å². The summed E-state index contributed by atoms with van der Waals surface area (Å²) >= 11 is 7.44. The zero-order valence-corrected chi connectivity index (χ0v) is 19.1. The predicted octanol–water partition coefficient (Wildman–Crippen LogP) is 7.65. The first-order valence-electron chi connectivity index (χ1n) is 10.3. The molecular formula is C26H16ClN3O3S. The Morgan fingerprint density at radius 1 is 0.941 bits per heavy atom. The van der Waals surface area contributed by atoms with Gasteiger partial charge in [-0.3, -0.25) is 10.1 Å². The summed E-state index contributed by atoms with van der Waals surface area (Å²) in [6.45, 7) is 0. The number of benzene rings is 4. The molecule has 0 fully saturated rings. The highest BCUT2D eigenvalue weighted by Gasteiger charge is 2.16. The van der Waals surface area contributed by atoms with Crippen LogP contribution >= 0.6 is 22.9 Å². The zero-order chi connectivity index (χ0) is 23.7. The third kappa shape index (κ3) is 4.26. The summed E-state index contributed by atoms with van der Waals surface area (Å²) in [5.41, 5.74) is 3.17. The first-order valence-corrected chi connectivity index (χ1v) is 11.5. The third-order valence-electron chi connectivity index (χ3n) is 5.30. The standard InChI is InChI=1S/C26H16ClN3O3S/c27-20-11-7-17(8-12-20)24-25(18-9-13-21(14-10-18)30(32)33)34-26(29-24)28-15-19-5-1-3-16-4-2-6-22(31)23(16)19/h1-15,31H. The minimum absolute atomic E-state index is 0.0234. The van der Waals surface area contributed by atoms with Crippen LogP contribution in [-0.4, -0.2) is 21.2 Å². The van der Waals surface area contributed by atoms with Gasteiger partial charge in [-0.25, -0.2) is 9.98 Å². The van der Waals surface area contributed by atoms with Gasteiger partial charge < -0.3 is 5.11 Å². The number of aromatic hydroxyl groups is 1. The molecule has 0 aliphatic carbocycles. The average molecular weight is 486 g/mol. The quantitative estimate of drug-likeness (QED) is 0.157. The highest BCUT2D eigenvalue weighted by Crippen LogP contribution is 2.41. The number of thiazole rings is 1. The summed E-state index contributed by atoms with van der Waals surface area (Å²) in [6, 6.07) is 24.8. The van der Waals surface area contributed by atoms with Crippen LogP contribution in [0.15, 0.2) is 89.9 Å². The molecule has 0 aliphatic rings. The largest absolute Gasteiger partial charge is 0.507 e. The number of nitrogens with zero attached hydrogens (tertiary/aromatic N) is 3. The highest BCUT2D eigenvalue weighted by molar-refractivity contribution is 7.19. The molecule has 6 nitrogen and oxygen atoms in total. The number of hydrogen-bond acceptors (Lipinski definition) is 6. The Kier molecular flexibility index (Phi) is 5.79. The van der Waals surface area contributed by atoms with E-state index in [2.05, 4.69) is 4.99 Å². The molecule has 1 heterocycles. The van der Waals surface area contributed by atoms with E-state index in [1.165, 1.54) is 23.5 Å². The molecule has 1 N–H and O–H groups in total. The van der Waals surface area contributed by atoms with E-state index in [-0.39, 0.29) is 11.4 Å². The van der Waals surface area contributed by atoms with Gasteiger partial charge in [-0.1, -0.05) is 65.4 Å². The average Bonchev–Trinajstić information content (AvgIpc) is 3.27. The fourth-order valence-electron chi connectivity index (χ4n) is 3.68. The van der Waals surface area contributed by atoms with Crippen LogP contribution in [0.4, 0.5) is 10.8 Å². The van der Waals surface area contributed by atoms with Crippen LogP contribution in [0, 0.1) is 10.1 Å². The summed E-state index contributed by atoms with van der Waals surface area (Å²) in [5, 5.41) is 24.2. The molecule has 8 heteroatoms. The molecule has 0 amide bonds. The van der Waals surface area contributed by atoms with Crippen molar-refractivity contribution in [3.05, 3.63) is 106 Å². The zero-order valence-electron chi connectivity index (χ0n) is 17.6. The number of phenolic OH excluding ortho intramolecular Hbond substituents is 1. The maximum Gasteiger partial charge on any atom is 0.269 e. The van der Waals surface area contributed by atoms with Crippen molar-refractivity contribution in [1.29, 1.82) is 0 Å². The maximum atomic E-state index is 11.1. The van der Waals surface area contributed by atoms with E-state index < -0.39 is 4.92 Å². The van der Waals surface area contributed by atoms with E-state index in [0.717, 1.165) is 32.3 Å². The number of hydrogen-bond donors (Lipinski definition) is 1. The smallest absolute Gasteiger partial charge is 0.269 e. The van der Waals surface area contributed by atoms with Gasteiger partial charge in [0.2, 0.25) is 5.13 Å². The van der Waals surface area contributed by atoms with Crippen molar-refractivity contribution in [2.24, 2.45) is 4.99 Å². The van der Waals surface area contributed by atoms with Crippen molar-refractivity contribution in [2.45, 2.75) is 0 Å². The fourth-order valence-corrected chi connectivity index (χ4v) is 4.74. The van der Waals surface area contributed by atoms with Crippen molar-refractivity contribution in [2.75, 3.05) is 0 Å². The van der Waals surface area contributed by atoms with Crippen LogP contribution in [0.5, 0.6) is 5.75 Å². The van der Waals surface area contributed by atoms with Gasteiger partial charge in [0.05, 0.1) is 15.5 Å². The van der Waals surface area contributed by atoms with Crippen LogP contribution in [0.1, 0.15) is 5.56 Å². The summed E-state index contributed by atoms with van der Waals surface area (Å²) in [7, 11) is 0. The lowest BCUT2D eigenvalue weighted by Gasteiger charge is -2.03. The molecule has 1 aromatic heterocycles. The van der Waals surface area contributed by atoms with E-state index in [4.69, 9.17) is 16.6 Å². The molecule has 4 aromatic carbocycles. The molecule has 5 rings (SSSR count). The molecule has 0 bridgehead atoms. The molecule has 0 saturated carbocycles. The molecule has 0 spiro atoms. The number of aromatic nitrogens is 1. The summed E-state index contributed by atoms with van der Waals surface area (Å²) in [4.78, 5) is 20.8. The number of aliphatic imine (C=N–C) groups is 1. The Morgan fingerprint density at radius 3 is 2.32 bits per heavy atom. The number of non-ortho nitro benzene ring substituents is 1. The minimum Gasteiger partial charge on any atom is -0.507 e. The lowest BCUT2D eigenvalue weighted by atomic mass is 10.0. The van der Waals surface area contributed by atoms with Crippen LogP contribution in [0.2, 0.25) is 5.02 Å². The van der Waals surface area contributed by atoms with E-state index in [9.17, 15) is 15.2 Å². The van der Waals surface area contributed by atoms with Crippen molar-refractivity contribution >= 4 is 50.7 Å². The van der Waals surface area contributed by atoms with E-state index in [1.807, 2.05) is 36.4 Å². The van der Waals surface area contributed by atoms with Crippen molar-refractivity contribution < 1.29 is 10.0 Å². The number of fused-ring (bicyclic) bond motifs is 1. The molecule has 0 unspecified atom stereocenters. The monoisotopic (exact) mass is 485 g/mol. The summed E-state index contributed by atoms with van der Waals surface area (Å²) in [6.07, 6.45) is 1.69. The normalized spacial score (nSPS) is 11.3. The van der Waals surface area contributed by atoms with Gasteiger partial charge in [-0.2, -0.15) is 0 Å². The van der Waals surface area contributed by atoms with E-state index >= 15 is 0 Å². The van der Waals surface area contributed by atoms with E-state index in [0.29, 0.717) is 15.8 Å². The molecule has 0 atom stereocenters. The number of rotatable bonds is 5. The molecule has 0 radical (unpaired) electrons. The first kappa shape index (κ1) is 21.8. The molecular weight excluding hydrogens is 470 g/mol. The highest BCUT2D eigenvalue weighted by atomic mass is 35.5. The number of nitro benzene ring substituents is 1. The molecule has 34 heavy (non-hydrogen) atoms. The van der Waals surface area contributed by atoms with Gasteiger partial charge in [0, 0.05) is 39.9 Å². The minimum atomic E-state index is -0.425. The second-order valence-corrected chi connectivity index (χ2v) is 8.88. The van der Waals surface area contributed by atoms with Crippen molar-refractivity contribution in [3.8, 4) is 27.4 Å². The van der Waals surface area contributed by atoms with Gasteiger partial charge in [-0.05, 0) is 41.3 Å². The summed E-state index contributed by atoms with van der Waals surface area (Å²) < 4.78 is 0. The number of phenols is 1. The lowest BCUT2D eigenvalue weighted by molar-refractivity contribution is -0.384. The Hall–Kier alpha value is -4.07. The maximum absolute atomic E-state index is 11.1.